The van der Waals surface area contributed by atoms with Crippen LogP contribution in [0, 0.1) is 5.82 Å². The maximum absolute atomic E-state index is 14.2. The highest BCUT2D eigenvalue weighted by Gasteiger charge is 2.24. The Labute approximate surface area is 126 Å². The summed E-state index contributed by atoms with van der Waals surface area (Å²) >= 11 is 0. The summed E-state index contributed by atoms with van der Waals surface area (Å²) in [5, 5.41) is 5.09. The van der Waals surface area contributed by atoms with Crippen molar-refractivity contribution in [2.75, 3.05) is 0 Å². The highest BCUT2D eigenvalue weighted by atomic mass is 19.1. The first kappa shape index (κ1) is 13.2. The van der Waals surface area contributed by atoms with Gasteiger partial charge in [0.1, 0.15) is 11.5 Å². The van der Waals surface area contributed by atoms with Gasteiger partial charge in [0.05, 0.1) is 16.9 Å². The van der Waals surface area contributed by atoms with Crippen molar-refractivity contribution in [1.29, 1.82) is 0 Å². The van der Waals surface area contributed by atoms with Crippen molar-refractivity contribution in [2.45, 2.75) is 31.7 Å². The van der Waals surface area contributed by atoms with Gasteiger partial charge in [-0.1, -0.05) is 25.0 Å². The van der Waals surface area contributed by atoms with E-state index in [1.807, 2.05) is 10.7 Å². The largest absolute Gasteiger partial charge is 0.328 e. The van der Waals surface area contributed by atoms with Crippen molar-refractivity contribution in [3.05, 3.63) is 52.7 Å². The van der Waals surface area contributed by atoms with Gasteiger partial charge in [-0.3, -0.25) is 9.48 Å². The fraction of sp³-hybridized carbons (Fsp3) is 0.294. The van der Waals surface area contributed by atoms with E-state index >= 15 is 0 Å². The zero-order valence-electron chi connectivity index (χ0n) is 12.1. The quantitative estimate of drug-likeness (QED) is 0.785. The number of aromatic amines is 1. The molecule has 2 heterocycles. The van der Waals surface area contributed by atoms with Crippen LogP contribution in [0.1, 0.15) is 31.7 Å². The van der Waals surface area contributed by atoms with Crippen LogP contribution in [-0.4, -0.2) is 14.8 Å². The van der Waals surface area contributed by atoms with Crippen molar-refractivity contribution < 1.29 is 4.39 Å². The molecule has 0 spiro atoms. The Morgan fingerprint density at radius 1 is 1.18 bits per heavy atom. The minimum atomic E-state index is -0.358. The van der Waals surface area contributed by atoms with Gasteiger partial charge in [0.15, 0.2) is 0 Å². The second-order valence-electron chi connectivity index (χ2n) is 5.78. The highest BCUT2D eigenvalue weighted by Crippen LogP contribution is 2.34. The normalized spacial score (nSPS) is 15.7. The fourth-order valence-electron chi connectivity index (χ4n) is 3.37. The molecule has 0 atom stereocenters. The Bertz CT molecular complexity index is 890. The predicted octanol–water partition coefficient (Wildman–Crippen LogP) is 3.65. The number of aromatic nitrogens is 3. The summed E-state index contributed by atoms with van der Waals surface area (Å²) in [4.78, 5) is 15.0. The van der Waals surface area contributed by atoms with Crippen molar-refractivity contribution in [3.8, 4) is 11.3 Å². The van der Waals surface area contributed by atoms with Crippen LogP contribution in [0.4, 0.5) is 4.39 Å². The van der Waals surface area contributed by atoms with E-state index in [0.29, 0.717) is 22.7 Å². The molecule has 112 valence electrons. The van der Waals surface area contributed by atoms with Crippen LogP contribution in [0.5, 0.6) is 0 Å². The zero-order valence-corrected chi connectivity index (χ0v) is 12.1. The number of halogens is 1. The van der Waals surface area contributed by atoms with Gasteiger partial charge in [0, 0.05) is 11.8 Å². The standard InChI is InChI=1S/C17H16FN3O/c18-13-8-4-3-7-12(13)16-15-14(9-10-19-17(15)22)21(20-16)11-5-1-2-6-11/h3-4,7-11H,1-2,5-6H2,(H,19,22). The summed E-state index contributed by atoms with van der Waals surface area (Å²) in [5.74, 6) is -0.358. The summed E-state index contributed by atoms with van der Waals surface area (Å²) in [6.07, 6.45) is 6.08. The third-order valence-corrected chi connectivity index (χ3v) is 4.43. The Morgan fingerprint density at radius 2 is 1.95 bits per heavy atom. The molecule has 1 saturated carbocycles. The first-order valence-corrected chi connectivity index (χ1v) is 7.60. The summed E-state index contributed by atoms with van der Waals surface area (Å²) < 4.78 is 16.1. The molecule has 1 aromatic carbocycles. The second kappa shape index (κ2) is 5.09. The lowest BCUT2D eigenvalue weighted by atomic mass is 10.1. The molecule has 4 nitrogen and oxygen atoms in total. The van der Waals surface area contributed by atoms with Crippen molar-refractivity contribution in [1.82, 2.24) is 14.8 Å². The number of hydrogen-bond donors (Lipinski definition) is 1. The molecular weight excluding hydrogens is 281 g/mol. The lowest BCUT2D eigenvalue weighted by molar-refractivity contribution is 0.482. The first-order valence-electron chi connectivity index (χ1n) is 7.60. The van der Waals surface area contributed by atoms with Gasteiger partial charge in [0.2, 0.25) is 0 Å². The zero-order chi connectivity index (χ0) is 15.1. The van der Waals surface area contributed by atoms with E-state index in [0.717, 1.165) is 18.4 Å². The molecule has 0 unspecified atom stereocenters. The molecule has 1 aliphatic rings. The van der Waals surface area contributed by atoms with E-state index in [9.17, 15) is 9.18 Å². The van der Waals surface area contributed by atoms with Crippen LogP contribution in [0.15, 0.2) is 41.3 Å². The smallest absolute Gasteiger partial charge is 0.259 e. The molecule has 0 saturated heterocycles. The molecule has 3 aromatic rings. The number of H-pyrrole nitrogens is 1. The number of rotatable bonds is 2. The molecule has 0 bridgehead atoms. The van der Waals surface area contributed by atoms with Gasteiger partial charge >= 0.3 is 0 Å². The highest BCUT2D eigenvalue weighted by molar-refractivity contribution is 5.92. The topological polar surface area (TPSA) is 50.7 Å². The van der Waals surface area contributed by atoms with Crippen LogP contribution in [0.2, 0.25) is 0 Å². The summed E-state index contributed by atoms with van der Waals surface area (Å²) in [5.41, 5.74) is 1.37. The molecule has 1 fully saturated rings. The van der Waals surface area contributed by atoms with E-state index in [4.69, 9.17) is 0 Å². The van der Waals surface area contributed by atoms with Gasteiger partial charge in [0.25, 0.3) is 5.56 Å². The van der Waals surface area contributed by atoms with Gasteiger partial charge < -0.3 is 4.98 Å². The molecule has 1 aliphatic carbocycles. The number of pyridine rings is 1. The Balaban J connectivity index is 2.03. The number of fused-ring (bicyclic) bond motifs is 1. The molecular formula is C17H16FN3O. The summed E-state index contributed by atoms with van der Waals surface area (Å²) in [6, 6.07) is 8.61. The van der Waals surface area contributed by atoms with Crippen LogP contribution >= 0.6 is 0 Å². The molecule has 0 amide bonds. The number of nitrogens with one attached hydrogen (secondary N) is 1. The average Bonchev–Trinajstić information content (AvgIpc) is 3.15. The van der Waals surface area contributed by atoms with E-state index in [1.165, 1.54) is 18.9 Å². The third kappa shape index (κ3) is 1.96. The lowest BCUT2D eigenvalue weighted by Gasteiger charge is -2.10. The first-order chi connectivity index (χ1) is 10.8. The van der Waals surface area contributed by atoms with Gasteiger partial charge in [-0.15, -0.1) is 0 Å². The Hall–Kier alpha value is -2.43. The lowest BCUT2D eigenvalue weighted by Crippen LogP contribution is -2.08. The maximum Gasteiger partial charge on any atom is 0.259 e. The van der Waals surface area contributed by atoms with Crippen LogP contribution in [-0.2, 0) is 0 Å². The monoisotopic (exact) mass is 297 g/mol. The third-order valence-electron chi connectivity index (χ3n) is 4.43. The van der Waals surface area contributed by atoms with Gasteiger partial charge in [-0.05, 0) is 31.0 Å². The van der Waals surface area contributed by atoms with Crippen molar-refractivity contribution in [3.63, 3.8) is 0 Å². The van der Waals surface area contributed by atoms with E-state index in [1.54, 1.807) is 24.4 Å². The molecule has 5 heteroatoms. The van der Waals surface area contributed by atoms with E-state index in [2.05, 4.69) is 10.1 Å². The van der Waals surface area contributed by atoms with Crippen LogP contribution in [0.25, 0.3) is 22.2 Å². The molecule has 1 N–H and O–H groups in total. The number of benzene rings is 1. The molecule has 0 aliphatic heterocycles. The number of nitrogens with zero attached hydrogens (tertiary/aromatic N) is 2. The van der Waals surface area contributed by atoms with Gasteiger partial charge in [-0.25, -0.2) is 4.39 Å². The minimum absolute atomic E-state index is 0.222. The second-order valence-corrected chi connectivity index (χ2v) is 5.78. The molecule has 2 aromatic heterocycles. The van der Waals surface area contributed by atoms with Gasteiger partial charge in [-0.2, -0.15) is 5.10 Å². The summed E-state index contributed by atoms with van der Waals surface area (Å²) in [7, 11) is 0. The average molecular weight is 297 g/mol. The Kier molecular flexibility index (Phi) is 3.06. The summed E-state index contributed by atoms with van der Waals surface area (Å²) in [6.45, 7) is 0. The van der Waals surface area contributed by atoms with Crippen LogP contribution in [0.3, 0.4) is 0 Å². The molecule has 0 radical (unpaired) electrons. The van der Waals surface area contributed by atoms with Crippen LogP contribution < -0.4 is 5.56 Å². The predicted molar refractivity (Wildman–Crippen MR) is 83.3 cm³/mol. The molecule has 4 rings (SSSR count). The fourth-order valence-corrected chi connectivity index (χ4v) is 3.37. The van der Waals surface area contributed by atoms with Crippen molar-refractivity contribution in [2.24, 2.45) is 0 Å². The minimum Gasteiger partial charge on any atom is -0.328 e. The SMILES string of the molecule is O=c1[nH]ccc2c1c(-c1ccccc1F)nn2C1CCCC1. The molecule has 22 heavy (non-hydrogen) atoms. The Morgan fingerprint density at radius 3 is 2.73 bits per heavy atom. The maximum atomic E-state index is 14.2. The van der Waals surface area contributed by atoms with E-state index < -0.39 is 0 Å². The number of hydrogen-bond acceptors (Lipinski definition) is 2. The van der Waals surface area contributed by atoms with E-state index in [-0.39, 0.29) is 11.4 Å². The van der Waals surface area contributed by atoms with Crippen molar-refractivity contribution >= 4 is 10.9 Å².